The fourth-order valence-corrected chi connectivity index (χ4v) is 7.72. The number of anilines is 2. The molecular weight excluding hydrogens is 476 g/mol. The van der Waals surface area contributed by atoms with Crippen LogP contribution in [0.5, 0.6) is 0 Å². The lowest BCUT2D eigenvalue weighted by Gasteiger charge is -2.55. The van der Waals surface area contributed by atoms with Crippen molar-refractivity contribution in [2.75, 3.05) is 9.80 Å². The molecular formula is C32H26N2O4. The summed E-state index contributed by atoms with van der Waals surface area (Å²) < 4.78 is 0. The van der Waals surface area contributed by atoms with Gasteiger partial charge in [0.05, 0.1) is 35.0 Å². The highest BCUT2D eigenvalue weighted by molar-refractivity contribution is 6.27. The number of amides is 4. The van der Waals surface area contributed by atoms with Crippen LogP contribution >= 0.6 is 0 Å². The van der Waals surface area contributed by atoms with E-state index in [1.165, 1.54) is 9.80 Å². The lowest BCUT2D eigenvalue weighted by Crippen LogP contribution is -2.58. The van der Waals surface area contributed by atoms with Gasteiger partial charge < -0.3 is 0 Å². The molecule has 38 heavy (non-hydrogen) atoms. The largest absolute Gasteiger partial charge is 0.274 e. The molecule has 4 amide bonds. The summed E-state index contributed by atoms with van der Waals surface area (Å²) in [5.41, 5.74) is 1.91. The van der Waals surface area contributed by atoms with Crippen LogP contribution in [-0.4, -0.2) is 23.6 Å². The van der Waals surface area contributed by atoms with Crippen molar-refractivity contribution in [3.8, 4) is 0 Å². The monoisotopic (exact) mass is 502 g/mol. The fourth-order valence-electron chi connectivity index (χ4n) is 7.72. The van der Waals surface area contributed by atoms with Crippen molar-refractivity contribution < 1.29 is 19.2 Å². The minimum absolute atomic E-state index is 0.279. The lowest BCUT2D eigenvalue weighted by molar-refractivity contribution is -0.146. The van der Waals surface area contributed by atoms with Crippen LogP contribution in [0.2, 0.25) is 0 Å². The van der Waals surface area contributed by atoms with Gasteiger partial charge in [0.15, 0.2) is 0 Å². The van der Waals surface area contributed by atoms with Crippen LogP contribution in [0.4, 0.5) is 11.4 Å². The number of carbonyl (C=O) groups is 4. The van der Waals surface area contributed by atoms with Gasteiger partial charge in [-0.15, -0.1) is 0 Å². The van der Waals surface area contributed by atoms with Crippen molar-refractivity contribution in [1.29, 1.82) is 0 Å². The Morgan fingerprint density at radius 3 is 1.42 bits per heavy atom. The summed E-state index contributed by atoms with van der Waals surface area (Å²) in [6, 6.07) is 27.7. The van der Waals surface area contributed by atoms with E-state index in [1.807, 2.05) is 49.4 Å². The number of rotatable bonds is 4. The van der Waals surface area contributed by atoms with Gasteiger partial charge in [-0.1, -0.05) is 79.7 Å². The molecule has 3 aromatic carbocycles. The minimum Gasteiger partial charge on any atom is -0.274 e. The zero-order valence-electron chi connectivity index (χ0n) is 20.9. The zero-order valence-corrected chi connectivity index (χ0v) is 20.9. The number of nitrogens with zero attached hydrogens (tertiary/aromatic N) is 2. The Kier molecular flexibility index (Phi) is 4.86. The predicted molar refractivity (Wildman–Crippen MR) is 142 cm³/mol. The molecule has 0 N–H and O–H groups in total. The van der Waals surface area contributed by atoms with Gasteiger partial charge in [0, 0.05) is 11.3 Å². The molecule has 6 nitrogen and oxygen atoms in total. The second-order valence-corrected chi connectivity index (χ2v) is 10.7. The van der Waals surface area contributed by atoms with E-state index in [1.54, 1.807) is 48.5 Å². The molecule has 3 aromatic rings. The average Bonchev–Trinajstić information content (AvgIpc) is 3.40. The molecule has 188 valence electrons. The van der Waals surface area contributed by atoms with E-state index in [0.717, 1.165) is 11.1 Å². The molecule has 3 fully saturated rings. The normalized spacial score (nSPS) is 31.5. The quantitative estimate of drug-likeness (QED) is 0.484. The van der Waals surface area contributed by atoms with Gasteiger partial charge in [-0.2, -0.15) is 0 Å². The van der Waals surface area contributed by atoms with Gasteiger partial charge in [0.1, 0.15) is 0 Å². The van der Waals surface area contributed by atoms with Gasteiger partial charge in [-0.05, 0) is 41.8 Å². The SMILES string of the molecule is CCC12C=C(c3ccccc3)C(C3C(=O)N(c4ccccc4)C(=O)C31)C1C(=O)N(c3ccccc3)C(=O)C12. The van der Waals surface area contributed by atoms with Crippen molar-refractivity contribution in [2.24, 2.45) is 35.0 Å². The Labute approximate surface area is 220 Å². The third kappa shape index (κ3) is 2.77. The van der Waals surface area contributed by atoms with Gasteiger partial charge >= 0.3 is 0 Å². The first-order valence-corrected chi connectivity index (χ1v) is 13.1. The molecule has 2 bridgehead atoms. The maximum absolute atomic E-state index is 14.2. The topological polar surface area (TPSA) is 74.8 Å². The second-order valence-electron chi connectivity index (χ2n) is 10.7. The smallest absolute Gasteiger partial charge is 0.238 e. The van der Waals surface area contributed by atoms with Crippen molar-refractivity contribution in [3.05, 3.63) is 103 Å². The zero-order chi connectivity index (χ0) is 26.2. The van der Waals surface area contributed by atoms with Crippen molar-refractivity contribution in [3.63, 3.8) is 0 Å². The number of allylic oxidation sites excluding steroid dienone is 2. The van der Waals surface area contributed by atoms with E-state index < -0.39 is 35.0 Å². The number of hydrogen-bond donors (Lipinski definition) is 0. The summed E-state index contributed by atoms with van der Waals surface area (Å²) in [5.74, 6) is -4.53. The molecule has 2 aliphatic heterocycles. The highest BCUT2D eigenvalue weighted by atomic mass is 16.2. The van der Waals surface area contributed by atoms with E-state index in [-0.39, 0.29) is 23.6 Å². The molecule has 4 atom stereocenters. The van der Waals surface area contributed by atoms with Gasteiger partial charge in [0.2, 0.25) is 23.6 Å². The number of imide groups is 2. The average molecular weight is 503 g/mol. The Balaban J connectivity index is 1.45. The molecule has 0 radical (unpaired) electrons. The van der Waals surface area contributed by atoms with Gasteiger partial charge in [-0.3, -0.25) is 29.0 Å². The summed E-state index contributed by atoms with van der Waals surface area (Å²) >= 11 is 0. The maximum atomic E-state index is 14.2. The molecule has 2 saturated heterocycles. The Morgan fingerprint density at radius 1 is 0.579 bits per heavy atom. The highest BCUT2D eigenvalue weighted by Crippen LogP contribution is 2.68. The van der Waals surface area contributed by atoms with Crippen LogP contribution in [0.25, 0.3) is 5.57 Å². The van der Waals surface area contributed by atoms with Crippen LogP contribution in [0.1, 0.15) is 18.9 Å². The van der Waals surface area contributed by atoms with Gasteiger partial charge in [-0.25, -0.2) is 0 Å². The molecule has 5 aliphatic rings. The van der Waals surface area contributed by atoms with Crippen LogP contribution in [0, 0.1) is 35.0 Å². The molecule has 4 unspecified atom stereocenters. The first-order valence-electron chi connectivity index (χ1n) is 13.1. The second kappa shape index (κ2) is 8.09. The Hall–Kier alpha value is -4.32. The number of carbonyl (C=O) groups excluding carboxylic acids is 4. The maximum Gasteiger partial charge on any atom is 0.238 e. The summed E-state index contributed by atoms with van der Waals surface area (Å²) in [6.07, 6.45) is 2.54. The third-order valence-corrected chi connectivity index (χ3v) is 9.17. The van der Waals surface area contributed by atoms with Crippen LogP contribution in [-0.2, 0) is 19.2 Å². The summed E-state index contributed by atoms with van der Waals surface area (Å²) in [6.45, 7) is 1.96. The molecule has 0 spiro atoms. The van der Waals surface area contributed by atoms with Crippen molar-refractivity contribution >= 4 is 40.6 Å². The standard InChI is InChI=1S/C32H26N2O4/c1-2-32-18-22(19-12-6-3-7-13-19)23(24-26(32)30(37)33(28(24)35)20-14-8-4-9-15-20)25-27(32)31(38)34(29(25)36)21-16-10-5-11-17-21/h3-18,23-27H,2H2,1H3. The van der Waals surface area contributed by atoms with Crippen molar-refractivity contribution in [2.45, 2.75) is 13.3 Å². The van der Waals surface area contributed by atoms with Crippen LogP contribution in [0.3, 0.4) is 0 Å². The number of hydrogen-bond acceptors (Lipinski definition) is 4. The molecule has 6 heteroatoms. The molecule has 0 aromatic heterocycles. The molecule has 8 rings (SSSR count). The van der Waals surface area contributed by atoms with E-state index in [2.05, 4.69) is 6.08 Å². The first-order chi connectivity index (χ1) is 18.5. The molecule has 1 saturated carbocycles. The lowest BCUT2D eigenvalue weighted by atomic mass is 9.44. The predicted octanol–water partition coefficient (Wildman–Crippen LogP) is 4.72. The Morgan fingerprint density at radius 2 is 1.00 bits per heavy atom. The van der Waals surface area contributed by atoms with Crippen LogP contribution in [0.15, 0.2) is 97.1 Å². The third-order valence-electron chi connectivity index (χ3n) is 9.17. The van der Waals surface area contributed by atoms with Crippen molar-refractivity contribution in [1.82, 2.24) is 0 Å². The summed E-state index contributed by atoms with van der Waals surface area (Å²) in [7, 11) is 0. The van der Waals surface area contributed by atoms with E-state index in [0.29, 0.717) is 17.8 Å². The van der Waals surface area contributed by atoms with Gasteiger partial charge in [0.25, 0.3) is 0 Å². The highest BCUT2D eigenvalue weighted by Gasteiger charge is 2.75. The van der Waals surface area contributed by atoms with E-state index in [4.69, 9.17) is 0 Å². The van der Waals surface area contributed by atoms with Crippen LogP contribution < -0.4 is 9.80 Å². The minimum atomic E-state index is -0.957. The fraction of sp³-hybridized carbons (Fsp3) is 0.250. The Bertz CT molecular complexity index is 1430. The first kappa shape index (κ1) is 22.8. The molecule has 3 aliphatic carbocycles. The molecule has 2 heterocycles. The number of benzene rings is 3. The summed E-state index contributed by atoms with van der Waals surface area (Å²) in [5, 5.41) is 0. The van der Waals surface area contributed by atoms with E-state index in [9.17, 15) is 19.2 Å². The summed E-state index contributed by atoms with van der Waals surface area (Å²) in [4.78, 5) is 59.2. The van der Waals surface area contributed by atoms with E-state index >= 15 is 0 Å². The number of para-hydroxylation sites is 2.